The second-order valence-electron chi connectivity index (χ2n) is 4.77. The number of hydrogen-bond acceptors (Lipinski definition) is 5. The molecule has 7 heteroatoms. The van der Waals surface area contributed by atoms with Crippen LogP contribution in [0.25, 0.3) is 0 Å². The molecule has 0 bridgehead atoms. The average molecular weight is 286 g/mol. The van der Waals surface area contributed by atoms with Gasteiger partial charge in [-0.05, 0) is 31.4 Å². The Balaban J connectivity index is 2.86. The van der Waals surface area contributed by atoms with E-state index >= 15 is 0 Å². The van der Waals surface area contributed by atoms with E-state index in [1.165, 1.54) is 6.20 Å². The van der Waals surface area contributed by atoms with E-state index in [1.54, 1.807) is 12.1 Å². The van der Waals surface area contributed by atoms with Gasteiger partial charge >= 0.3 is 0 Å². The highest BCUT2D eigenvalue weighted by Crippen LogP contribution is 2.18. The molecule has 0 fully saturated rings. The molecule has 0 aliphatic carbocycles. The number of nitrogens with zero attached hydrogens (tertiary/aromatic N) is 1. The van der Waals surface area contributed by atoms with Gasteiger partial charge in [0.1, 0.15) is 0 Å². The lowest BCUT2D eigenvalue weighted by Gasteiger charge is -2.18. The zero-order chi connectivity index (χ0) is 14.5. The van der Waals surface area contributed by atoms with Crippen molar-refractivity contribution in [3.05, 3.63) is 18.3 Å². The monoisotopic (exact) mass is 286 g/mol. The zero-order valence-corrected chi connectivity index (χ0v) is 12.4. The number of rotatable bonds is 7. The predicted molar refractivity (Wildman–Crippen MR) is 75.9 cm³/mol. The number of pyridine rings is 1. The summed E-state index contributed by atoms with van der Waals surface area (Å²) in [7, 11) is -3.66. The summed E-state index contributed by atoms with van der Waals surface area (Å²) in [6.07, 6.45) is 3.23. The largest absolute Gasteiger partial charge is 0.321 e. The van der Waals surface area contributed by atoms with E-state index in [0.717, 1.165) is 12.8 Å². The third-order valence-corrected chi connectivity index (χ3v) is 4.54. The van der Waals surface area contributed by atoms with Crippen molar-refractivity contribution < 1.29 is 8.42 Å². The summed E-state index contributed by atoms with van der Waals surface area (Å²) in [5.74, 6) is 5.76. The number of hydrazine groups is 1. The molecule has 6 nitrogen and oxygen atoms in total. The van der Waals surface area contributed by atoms with Crippen LogP contribution in [0.5, 0.6) is 0 Å². The molecule has 1 aromatic rings. The van der Waals surface area contributed by atoms with Crippen molar-refractivity contribution in [2.45, 2.75) is 44.7 Å². The molecule has 0 spiro atoms. The minimum absolute atomic E-state index is 0.0755. The molecule has 0 aliphatic heterocycles. The first-order valence-electron chi connectivity index (χ1n) is 6.34. The zero-order valence-electron chi connectivity index (χ0n) is 11.6. The van der Waals surface area contributed by atoms with E-state index in [-0.39, 0.29) is 16.8 Å². The maximum Gasteiger partial charge on any atom is 0.260 e. The first-order chi connectivity index (χ1) is 8.90. The molecule has 2 atom stereocenters. The Morgan fingerprint density at radius 3 is 2.68 bits per heavy atom. The fourth-order valence-corrected chi connectivity index (χ4v) is 3.21. The van der Waals surface area contributed by atoms with Gasteiger partial charge in [0.15, 0.2) is 5.03 Å². The van der Waals surface area contributed by atoms with E-state index < -0.39 is 10.0 Å². The van der Waals surface area contributed by atoms with Crippen LogP contribution >= 0.6 is 0 Å². The molecule has 0 saturated carbocycles. The fraction of sp³-hybridized carbons (Fsp3) is 0.583. The molecule has 0 aliphatic rings. The molecule has 0 amide bonds. The van der Waals surface area contributed by atoms with Gasteiger partial charge in [0.25, 0.3) is 10.0 Å². The van der Waals surface area contributed by atoms with Crippen molar-refractivity contribution in [3.8, 4) is 0 Å². The van der Waals surface area contributed by atoms with Crippen molar-refractivity contribution in [2.24, 2.45) is 11.8 Å². The van der Waals surface area contributed by atoms with Crippen LogP contribution in [-0.2, 0) is 10.0 Å². The topological polar surface area (TPSA) is 97.1 Å². The molecule has 1 rings (SSSR count). The van der Waals surface area contributed by atoms with Crippen LogP contribution in [0.4, 0.5) is 5.69 Å². The molecule has 1 heterocycles. The van der Waals surface area contributed by atoms with Gasteiger partial charge < -0.3 is 5.43 Å². The van der Waals surface area contributed by atoms with Crippen molar-refractivity contribution in [2.75, 3.05) is 5.43 Å². The number of nitrogens with two attached hydrogens (primary N) is 1. The quantitative estimate of drug-likeness (QED) is 0.521. The summed E-state index contributed by atoms with van der Waals surface area (Å²) in [5, 5.41) is -0.0755. The standard InChI is InChI=1S/C12H22N4O2S/c1-4-9(2)8-10(3)16-19(17,18)12-11(15-13)6-5-7-14-12/h5-7,9-10,15-16H,4,8,13H2,1-3H3. The Labute approximate surface area is 114 Å². The normalized spacial score (nSPS) is 14.9. The lowest BCUT2D eigenvalue weighted by atomic mass is 10.0. The molecule has 108 valence electrons. The van der Waals surface area contributed by atoms with Crippen molar-refractivity contribution >= 4 is 15.7 Å². The van der Waals surface area contributed by atoms with Gasteiger partial charge in [-0.1, -0.05) is 20.3 Å². The second-order valence-corrected chi connectivity index (χ2v) is 6.40. The van der Waals surface area contributed by atoms with Crippen LogP contribution in [0.3, 0.4) is 0 Å². The lowest BCUT2D eigenvalue weighted by Crippen LogP contribution is -2.34. The third kappa shape index (κ3) is 4.45. The Hall–Kier alpha value is -1.18. The number of hydrogen-bond donors (Lipinski definition) is 3. The van der Waals surface area contributed by atoms with Crippen LogP contribution in [-0.4, -0.2) is 19.4 Å². The molecule has 0 saturated heterocycles. The molecular formula is C12H22N4O2S. The van der Waals surface area contributed by atoms with Gasteiger partial charge in [-0.15, -0.1) is 0 Å². The van der Waals surface area contributed by atoms with Gasteiger partial charge in [0.05, 0.1) is 5.69 Å². The van der Waals surface area contributed by atoms with Gasteiger partial charge in [-0.2, -0.15) is 0 Å². The first kappa shape index (κ1) is 15.9. The highest BCUT2D eigenvalue weighted by Gasteiger charge is 2.22. The molecule has 1 aromatic heterocycles. The van der Waals surface area contributed by atoms with Crippen molar-refractivity contribution in [1.29, 1.82) is 0 Å². The van der Waals surface area contributed by atoms with Crippen molar-refractivity contribution in [1.82, 2.24) is 9.71 Å². The van der Waals surface area contributed by atoms with Crippen LogP contribution in [0.1, 0.15) is 33.6 Å². The minimum atomic E-state index is -3.66. The number of aromatic nitrogens is 1. The first-order valence-corrected chi connectivity index (χ1v) is 7.83. The van der Waals surface area contributed by atoms with Crippen LogP contribution < -0.4 is 16.0 Å². The fourth-order valence-electron chi connectivity index (χ4n) is 1.85. The number of nitrogen functional groups attached to an aromatic ring is 1. The summed E-state index contributed by atoms with van der Waals surface area (Å²) in [6, 6.07) is 3.05. The summed E-state index contributed by atoms with van der Waals surface area (Å²) >= 11 is 0. The Morgan fingerprint density at radius 1 is 1.42 bits per heavy atom. The molecule has 2 unspecified atom stereocenters. The van der Waals surface area contributed by atoms with Gasteiger partial charge in [0, 0.05) is 12.2 Å². The van der Waals surface area contributed by atoms with Gasteiger partial charge in [-0.25, -0.2) is 18.1 Å². The summed E-state index contributed by atoms with van der Waals surface area (Å²) < 4.78 is 27.1. The lowest BCUT2D eigenvalue weighted by molar-refractivity contribution is 0.445. The van der Waals surface area contributed by atoms with Crippen LogP contribution in [0, 0.1) is 5.92 Å². The summed E-state index contributed by atoms with van der Waals surface area (Å²) in [6.45, 7) is 6.03. The number of sulfonamides is 1. The van der Waals surface area contributed by atoms with Gasteiger partial charge in [0.2, 0.25) is 0 Å². The Kier molecular flexibility index (Phi) is 5.71. The molecule has 19 heavy (non-hydrogen) atoms. The van der Waals surface area contributed by atoms with Crippen LogP contribution in [0.15, 0.2) is 23.4 Å². The van der Waals surface area contributed by atoms with E-state index in [2.05, 4.69) is 29.0 Å². The third-order valence-electron chi connectivity index (χ3n) is 2.99. The smallest absolute Gasteiger partial charge is 0.260 e. The number of nitrogens with one attached hydrogen (secondary N) is 2. The second kappa shape index (κ2) is 6.83. The SMILES string of the molecule is CCC(C)CC(C)NS(=O)(=O)c1ncccc1NN. The van der Waals surface area contributed by atoms with Crippen LogP contribution in [0.2, 0.25) is 0 Å². The highest BCUT2D eigenvalue weighted by molar-refractivity contribution is 7.89. The maximum atomic E-state index is 12.2. The highest BCUT2D eigenvalue weighted by atomic mass is 32.2. The number of anilines is 1. The summed E-state index contributed by atoms with van der Waals surface area (Å²) in [5.41, 5.74) is 2.63. The molecule has 0 aromatic carbocycles. The van der Waals surface area contributed by atoms with Gasteiger partial charge in [-0.3, -0.25) is 5.84 Å². The Bertz CT molecular complexity index is 504. The van der Waals surface area contributed by atoms with Crippen molar-refractivity contribution in [3.63, 3.8) is 0 Å². The predicted octanol–water partition coefficient (Wildman–Crippen LogP) is 1.47. The minimum Gasteiger partial charge on any atom is -0.321 e. The van der Waals surface area contributed by atoms with E-state index in [9.17, 15) is 8.42 Å². The van der Waals surface area contributed by atoms with E-state index in [1.807, 2.05) is 6.92 Å². The van der Waals surface area contributed by atoms with E-state index in [0.29, 0.717) is 5.92 Å². The molecule has 4 N–H and O–H groups in total. The molecule has 0 radical (unpaired) electrons. The van der Waals surface area contributed by atoms with E-state index in [4.69, 9.17) is 5.84 Å². The average Bonchev–Trinajstić information content (AvgIpc) is 2.37. The maximum absolute atomic E-state index is 12.2. The molecular weight excluding hydrogens is 264 g/mol. The summed E-state index contributed by atoms with van der Waals surface area (Å²) in [4.78, 5) is 3.88. The Morgan fingerprint density at radius 2 is 2.11 bits per heavy atom.